The van der Waals surface area contributed by atoms with Gasteiger partial charge in [-0.05, 0) is 28.1 Å². The van der Waals surface area contributed by atoms with Crippen molar-refractivity contribution in [2.24, 2.45) is 0 Å². The van der Waals surface area contributed by atoms with Gasteiger partial charge in [0.25, 0.3) is 5.91 Å². The largest absolute Gasteiger partial charge is 0.450 e. The Morgan fingerprint density at radius 1 is 1.27 bits per heavy atom. The zero-order chi connectivity index (χ0) is 15.9. The molecule has 1 amide bonds. The van der Waals surface area contributed by atoms with Crippen molar-refractivity contribution < 1.29 is 13.7 Å². The van der Waals surface area contributed by atoms with Crippen LogP contribution < -0.4 is 5.32 Å². The van der Waals surface area contributed by atoms with Crippen molar-refractivity contribution in [2.45, 2.75) is 26.2 Å². The molecule has 5 nitrogen and oxygen atoms in total. The number of fused-ring (bicyclic) bond motifs is 1. The predicted octanol–water partition coefficient (Wildman–Crippen LogP) is 4.73. The maximum atomic E-state index is 12.3. The number of rotatable bonds is 2. The summed E-state index contributed by atoms with van der Waals surface area (Å²) >= 11 is 3.40. The smallest absolute Gasteiger partial charge is 0.292 e. The van der Waals surface area contributed by atoms with Gasteiger partial charge in [0.2, 0.25) is 0 Å². The van der Waals surface area contributed by atoms with Crippen LogP contribution in [0.3, 0.4) is 0 Å². The normalized spacial score (nSPS) is 11.8. The Balaban J connectivity index is 1.84. The molecule has 0 saturated heterocycles. The summed E-state index contributed by atoms with van der Waals surface area (Å²) in [7, 11) is 0. The zero-order valence-corrected chi connectivity index (χ0v) is 14.0. The highest BCUT2D eigenvalue weighted by Gasteiger charge is 2.21. The summed E-state index contributed by atoms with van der Waals surface area (Å²) in [6.07, 6.45) is 0. The number of furan rings is 1. The number of nitrogens with one attached hydrogen (secondary N) is 1. The van der Waals surface area contributed by atoms with E-state index in [1.165, 1.54) is 0 Å². The molecule has 0 aliphatic carbocycles. The van der Waals surface area contributed by atoms with Gasteiger partial charge in [-0.25, -0.2) is 0 Å². The van der Waals surface area contributed by atoms with Gasteiger partial charge in [0, 0.05) is 16.9 Å². The van der Waals surface area contributed by atoms with Crippen molar-refractivity contribution in [2.75, 3.05) is 5.32 Å². The molecule has 1 aromatic carbocycles. The first-order valence-electron chi connectivity index (χ1n) is 6.81. The second-order valence-electron chi connectivity index (χ2n) is 6.05. The Morgan fingerprint density at radius 3 is 2.68 bits per heavy atom. The van der Waals surface area contributed by atoms with Crippen LogP contribution in [0.15, 0.2) is 43.7 Å². The van der Waals surface area contributed by atoms with Gasteiger partial charge in [-0.15, -0.1) is 0 Å². The fourth-order valence-electron chi connectivity index (χ4n) is 2.00. The van der Waals surface area contributed by atoms with Crippen LogP contribution >= 0.6 is 15.9 Å². The lowest BCUT2D eigenvalue weighted by molar-refractivity contribution is 0.0997. The molecule has 3 aromatic rings. The SMILES string of the molecule is CC(C)(C)c1cc(NC(=O)c2cc3cccc(Br)c3o2)no1. The van der Waals surface area contributed by atoms with Gasteiger partial charge in [-0.2, -0.15) is 0 Å². The highest BCUT2D eigenvalue weighted by atomic mass is 79.9. The van der Waals surface area contributed by atoms with Crippen LogP contribution in [-0.4, -0.2) is 11.1 Å². The number of hydrogen-bond acceptors (Lipinski definition) is 4. The Labute approximate surface area is 135 Å². The molecular formula is C16H15BrN2O3. The first-order valence-corrected chi connectivity index (χ1v) is 7.60. The monoisotopic (exact) mass is 362 g/mol. The standard InChI is InChI=1S/C16H15BrN2O3/c1-16(2,3)12-8-13(19-22-12)18-15(20)11-7-9-5-4-6-10(17)14(9)21-11/h4-8H,1-3H3,(H,18,19,20). The van der Waals surface area contributed by atoms with Crippen LogP contribution in [0.5, 0.6) is 0 Å². The van der Waals surface area contributed by atoms with Crippen molar-refractivity contribution >= 4 is 38.6 Å². The molecule has 2 aromatic heterocycles. The lowest BCUT2D eigenvalue weighted by Crippen LogP contribution is -2.11. The fraction of sp³-hybridized carbons (Fsp3) is 0.250. The molecule has 114 valence electrons. The fourth-order valence-corrected chi connectivity index (χ4v) is 2.47. The molecule has 6 heteroatoms. The number of amides is 1. The molecule has 0 fully saturated rings. The van der Waals surface area contributed by atoms with E-state index >= 15 is 0 Å². The number of hydrogen-bond donors (Lipinski definition) is 1. The lowest BCUT2D eigenvalue weighted by atomic mass is 9.93. The molecule has 1 N–H and O–H groups in total. The minimum atomic E-state index is -0.364. The zero-order valence-electron chi connectivity index (χ0n) is 12.4. The maximum absolute atomic E-state index is 12.3. The number of halogens is 1. The summed E-state index contributed by atoms with van der Waals surface area (Å²) < 4.78 is 11.6. The molecule has 0 atom stereocenters. The highest BCUT2D eigenvalue weighted by Crippen LogP contribution is 2.28. The summed E-state index contributed by atoms with van der Waals surface area (Å²) in [4.78, 5) is 12.3. The predicted molar refractivity (Wildman–Crippen MR) is 87.1 cm³/mol. The molecule has 0 radical (unpaired) electrons. The Hall–Kier alpha value is -2.08. The van der Waals surface area contributed by atoms with Gasteiger partial charge in [0.1, 0.15) is 11.3 Å². The van der Waals surface area contributed by atoms with Gasteiger partial charge < -0.3 is 14.3 Å². The number of nitrogens with zero attached hydrogens (tertiary/aromatic N) is 1. The van der Waals surface area contributed by atoms with Crippen LogP contribution in [0, 0.1) is 0 Å². The first-order chi connectivity index (χ1) is 10.3. The first kappa shape index (κ1) is 14.8. The number of para-hydroxylation sites is 1. The summed E-state index contributed by atoms with van der Waals surface area (Å²) in [5.74, 6) is 0.934. The van der Waals surface area contributed by atoms with Crippen LogP contribution in [0.1, 0.15) is 37.1 Å². The molecule has 0 bridgehead atoms. The Morgan fingerprint density at radius 2 is 2.05 bits per heavy atom. The second-order valence-corrected chi connectivity index (χ2v) is 6.90. The van der Waals surface area contributed by atoms with Gasteiger partial charge in [-0.1, -0.05) is 38.1 Å². The van der Waals surface area contributed by atoms with Crippen molar-refractivity contribution in [3.63, 3.8) is 0 Å². The summed E-state index contributed by atoms with van der Waals surface area (Å²) in [5.41, 5.74) is 0.475. The molecule has 3 rings (SSSR count). The average molecular weight is 363 g/mol. The van der Waals surface area contributed by atoms with Gasteiger partial charge in [0.15, 0.2) is 11.6 Å². The molecule has 0 aliphatic heterocycles. The number of aromatic nitrogens is 1. The molecule has 0 unspecified atom stereocenters. The van der Waals surface area contributed by atoms with Crippen molar-refractivity contribution in [1.82, 2.24) is 5.16 Å². The summed E-state index contributed by atoms with van der Waals surface area (Å²) in [6.45, 7) is 6.03. The number of anilines is 1. The molecular weight excluding hydrogens is 348 g/mol. The minimum absolute atomic E-state index is 0.166. The lowest BCUT2D eigenvalue weighted by Gasteiger charge is -2.11. The van der Waals surface area contributed by atoms with Crippen LogP contribution in [-0.2, 0) is 5.41 Å². The van der Waals surface area contributed by atoms with E-state index in [1.807, 2.05) is 39.0 Å². The second kappa shape index (κ2) is 5.28. The number of carbonyl (C=O) groups excluding carboxylic acids is 1. The van der Waals surface area contributed by atoms with E-state index < -0.39 is 0 Å². The number of benzene rings is 1. The van der Waals surface area contributed by atoms with E-state index in [9.17, 15) is 4.79 Å². The molecule has 2 heterocycles. The minimum Gasteiger partial charge on any atom is -0.450 e. The van der Waals surface area contributed by atoms with E-state index in [2.05, 4.69) is 26.4 Å². The van der Waals surface area contributed by atoms with Gasteiger partial charge >= 0.3 is 0 Å². The van der Waals surface area contributed by atoms with Crippen molar-refractivity contribution in [1.29, 1.82) is 0 Å². The molecule has 22 heavy (non-hydrogen) atoms. The van der Waals surface area contributed by atoms with Crippen molar-refractivity contribution in [3.05, 3.63) is 46.3 Å². The van der Waals surface area contributed by atoms with E-state index in [4.69, 9.17) is 8.94 Å². The third-order valence-electron chi connectivity index (χ3n) is 3.21. The Kier molecular flexibility index (Phi) is 3.56. The average Bonchev–Trinajstić information content (AvgIpc) is 3.04. The van der Waals surface area contributed by atoms with Crippen molar-refractivity contribution in [3.8, 4) is 0 Å². The Bertz CT molecular complexity index is 843. The van der Waals surface area contributed by atoms with Crippen LogP contribution in [0.2, 0.25) is 0 Å². The van der Waals surface area contributed by atoms with E-state index in [0.717, 1.165) is 9.86 Å². The van der Waals surface area contributed by atoms with Gasteiger partial charge in [-0.3, -0.25) is 4.79 Å². The van der Waals surface area contributed by atoms with E-state index in [1.54, 1.807) is 12.1 Å². The molecule has 0 aliphatic rings. The third-order valence-corrected chi connectivity index (χ3v) is 3.84. The molecule has 0 spiro atoms. The maximum Gasteiger partial charge on any atom is 0.292 e. The van der Waals surface area contributed by atoms with E-state index in [-0.39, 0.29) is 17.1 Å². The topological polar surface area (TPSA) is 68.3 Å². The van der Waals surface area contributed by atoms with Gasteiger partial charge in [0.05, 0.1) is 4.47 Å². The third kappa shape index (κ3) is 2.78. The summed E-state index contributed by atoms with van der Waals surface area (Å²) in [6, 6.07) is 9.04. The summed E-state index contributed by atoms with van der Waals surface area (Å²) in [5, 5.41) is 7.40. The highest BCUT2D eigenvalue weighted by molar-refractivity contribution is 9.10. The quantitative estimate of drug-likeness (QED) is 0.715. The number of carbonyl (C=O) groups is 1. The van der Waals surface area contributed by atoms with E-state index in [0.29, 0.717) is 17.2 Å². The van der Waals surface area contributed by atoms with Crippen LogP contribution in [0.25, 0.3) is 11.0 Å². The van der Waals surface area contributed by atoms with Crippen LogP contribution in [0.4, 0.5) is 5.82 Å². The molecule has 0 saturated carbocycles.